The highest BCUT2D eigenvalue weighted by Gasteiger charge is 2.10. The van der Waals surface area contributed by atoms with Crippen molar-refractivity contribution in [3.8, 4) is 0 Å². The molecule has 1 aliphatic rings. The van der Waals surface area contributed by atoms with E-state index in [0.717, 1.165) is 56.1 Å². The van der Waals surface area contributed by atoms with Crippen LogP contribution in [0.1, 0.15) is 6.42 Å². The highest BCUT2D eigenvalue weighted by molar-refractivity contribution is 9.10. The first-order valence-corrected chi connectivity index (χ1v) is 7.14. The maximum Gasteiger partial charge on any atom is 0.148 e. The lowest BCUT2D eigenvalue weighted by Gasteiger charge is -2.26. The lowest BCUT2D eigenvalue weighted by Crippen LogP contribution is -2.37. The van der Waals surface area contributed by atoms with E-state index in [1.54, 1.807) is 0 Å². The van der Waals surface area contributed by atoms with Crippen molar-refractivity contribution >= 4 is 33.3 Å². The molecule has 0 radical (unpaired) electrons. The lowest BCUT2D eigenvalue weighted by atomic mass is 10.3. The fourth-order valence-corrected chi connectivity index (χ4v) is 2.28. The van der Waals surface area contributed by atoms with Crippen molar-refractivity contribution in [2.24, 2.45) is 0 Å². The zero-order valence-corrected chi connectivity index (χ0v) is 12.4. The number of nitrogens with zero attached hydrogens (tertiary/aromatic N) is 3. The van der Waals surface area contributed by atoms with Crippen LogP contribution in [0.25, 0.3) is 0 Å². The number of hydrogen-bond acceptors (Lipinski definition) is 5. The Balaban J connectivity index is 1.70. The molecule has 0 bridgehead atoms. The summed E-state index contributed by atoms with van der Waals surface area (Å²) in [5, 5.41) is 3.68. The van der Waals surface area contributed by atoms with Gasteiger partial charge in [-0.25, -0.2) is 9.97 Å². The average molecular weight is 336 g/mol. The highest BCUT2D eigenvalue weighted by atomic mass is 79.9. The number of rotatable bonds is 5. The molecule has 2 heterocycles. The van der Waals surface area contributed by atoms with Gasteiger partial charge in [-0.1, -0.05) is 11.6 Å². The summed E-state index contributed by atoms with van der Waals surface area (Å²) in [5.74, 6) is 0.747. The summed E-state index contributed by atoms with van der Waals surface area (Å²) in [4.78, 5) is 10.4. The van der Waals surface area contributed by atoms with Crippen LogP contribution in [0.2, 0.25) is 5.15 Å². The number of ether oxygens (including phenoxy) is 1. The van der Waals surface area contributed by atoms with Crippen LogP contribution in [0.4, 0.5) is 5.82 Å². The summed E-state index contributed by atoms with van der Waals surface area (Å²) in [6.07, 6.45) is 2.52. The van der Waals surface area contributed by atoms with Crippen molar-refractivity contribution in [3.63, 3.8) is 0 Å². The van der Waals surface area contributed by atoms with Gasteiger partial charge in [-0.2, -0.15) is 0 Å². The first-order chi connectivity index (χ1) is 8.77. The van der Waals surface area contributed by atoms with E-state index in [9.17, 15) is 0 Å². The van der Waals surface area contributed by atoms with E-state index in [1.165, 1.54) is 6.33 Å². The number of aromatic nitrogens is 2. The average Bonchev–Trinajstić information content (AvgIpc) is 2.40. The molecule has 2 rings (SSSR count). The molecule has 0 saturated carbocycles. The van der Waals surface area contributed by atoms with Crippen LogP contribution in [0.3, 0.4) is 0 Å². The molecule has 0 unspecified atom stereocenters. The third kappa shape index (κ3) is 4.05. The third-order valence-electron chi connectivity index (χ3n) is 2.79. The molecule has 0 atom stereocenters. The quantitative estimate of drug-likeness (QED) is 0.659. The molecule has 0 aromatic carbocycles. The van der Waals surface area contributed by atoms with Gasteiger partial charge in [0.2, 0.25) is 0 Å². The minimum absolute atomic E-state index is 0.431. The van der Waals surface area contributed by atoms with Gasteiger partial charge in [-0.3, -0.25) is 4.90 Å². The van der Waals surface area contributed by atoms with Gasteiger partial charge >= 0.3 is 0 Å². The van der Waals surface area contributed by atoms with Gasteiger partial charge in [-0.15, -0.1) is 0 Å². The SMILES string of the molecule is Clc1ncnc(NCCCN2CCOCC2)c1Br. The largest absolute Gasteiger partial charge is 0.379 e. The zero-order valence-electron chi connectivity index (χ0n) is 10.0. The van der Waals surface area contributed by atoms with Crippen molar-refractivity contribution in [1.29, 1.82) is 0 Å². The van der Waals surface area contributed by atoms with Crippen LogP contribution in [0, 0.1) is 0 Å². The summed E-state index contributed by atoms with van der Waals surface area (Å²) >= 11 is 9.25. The van der Waals surface area contributed by atoms with Crippen molar-refractivity contribution in [2.45, 2.75) is 6.42 Å². The molecule has 1 N–H and O–H groups in total. The second kappa shape index (κ2) is 7.23. The molecule has 1 aromatic rings. The summed E-state index contributed by atoms with van der Waals surface area (Å²) in [7, 11) is 0. The first kappa shape index (κ1) is 14.0. The highest BCUT2D eigenvalue weighted by Crippen LogP contribution is 2.25. The van der Waals surface area contributed by atoms with Crippen molar-refractivity contribution in [1.82, 2.24) is 14.9 Å². The third-order valence-corrected chi connectivity index (χ3v) is 4.06. The predicted octanol–water partition coefficient (Wildman–Crippen LogP) is 2.03. The fraction of sp³-hybridized carbons (Fsp3) is 0.636. The van der Waals surface area contributed by atoms with E-state index in [-0.39, 0.29) is 0 Å². The lowest BCUT2D eigenvalue weighted by molar-refractivity contribution is 0.0378. The van der Waals surface area contributed by atoms with Gasteiger partial charge < -0.3 is 10.1 Å². The number of morpholine rings is 1. The molecule has 1 aliphatic heterocycles. The summed E-state index contributed by atoms with van der Waals surface area (Å²) in [6, 6.07) is 0. The van der Waals surface area contributed by atoms with Gasteiger partial charge in [0.1, 0.15) is 17.3 Å². The topological polar surface area (TPSA) is 50.3 Å². The van der Waals surface area contributed by atoms with E-state index in [2.05, 4.69) is 36.1 Å². The van der Waals surface area contributed by atoms with Crippen LogP contribution in [0.5, 0.6) is 0 Å². The molecule has 0 spiro atoms. The molecule has 1 fully saturated rings. The van der Waals surface area contributed by atoms with Crippen LogP contribution in [-0.4, -0.2) is 54.3 Å². The Morgan fingerprint density at radius 3 is 2.94 bits per heavy atom. The minimum atomic E-state index is 0.431. The van der Waals surface area contributed by atoms with Gasteiger partial charge in [0.25, 0.3) is 0 Å². The van der Waals surface area contributed by atoms with Gasteiger partial charge in [-0.05, 0) is 28.9 Å². The maximum absolute atomic E-state index is 5.89. The summed E-state index contributed by atoms with van der Waals surface area (Å²) in [5.41, 5.74) is 0. The molecule has 1 saturated heterocycles. The number of nitrogens with one attached hydrogen (secondary N) is 1. The summed E-state index contributed by atoms with van der Waals surface area (Å²) in [6.45, 7) is 5.70. The second-order valence-electron chi connectivity index (χ2n) is 4.06. The van der Waals surface area contributed by atoms with Crippen LogP contribution in [0.15, 0.2) is 10.8 Å². The molecule has 5 nitrogen and oxygen atoms in total. The molecule has 7 heteroatoms. The molecule has 100 valence electrons. The minimum Gasteiger partial charge on any atom is -0.379 e. The molecule has 1 aromatic heterocycles. The first-order valence-electron chi connectivity index (χ1n) is 5.97. The fourth-order valence-electron chi connectivity index (χ4n) is 1.81. The van der Waals surface area contributed by atoms with Gasteiger partial charge in [0.15, 0.2) is 0 Å². The predicted molar refractivity (Wildman–Crippen MR) is 75.1 cm³/mol. The number of halogens is 2. The van der Waals surface area contributed by atoms with E-state index < -0.39 is 0 Å². The van der Waals surface area contributed by atoms with E-state index >= 15 is 0 Å². The molecular weight excluding hydrogens is 320 g/mol. The Morgan fingerprint density at radius 1 is 1.39 bits per heavy atom. The Kier molecular flexibility index (Phi) is 5.62. The maximum atomic E-state index is 5.89. The van der Waals surface area contributed by atoms with E-state index in [4.69, 9.17) is 16.3 Å². The summed E-state index contributed by atoms with van der Waals surface area (Å²) < 4.78 is 6.03. The van der Waals surface area contributed by atoms with Gasteiger partial charge in [0.05, 0.1) is 17.7 Å². The van der Waals surface area contributed by atoms with Crippen LogP contribution >= 0.6 is 27.5 Å². The van der Waals surface area contributed by atoms with Crippen LogP contribution in [-0.2, 0) is 4.74 Å². The molecular formula is C11H16BrClN4O. The standard InChI is InChI=1S/C11H16BrClN4O/c12-9-10(13)15-8-16-11(9)14-2-1-3-17-4-6-18-7-5-17/h8H,1-7H2,(H,14,15,16). The monoisotopic (exact) mass is 334 g/mol. The van der Waals surface area contributed by atoms with E-state index in [1.807, 2.05) is 0 Å². The Morgan fingerprint density at radius 2 is 2.17 bits per heavy atom. The van der Waals surface area contributed by atoms with Gasteiger partial charge in [0, 0.05) is 19.6 Å². The normalized spacial score (nSPS) is 16.8. The molecule has 0 amide bonds. The van der Waals surface area contributed by atoms with Crippen LogP contribution < -0.4 is 5.32 Å². The van der Waals surface area contributed by atoms with Crippen molar-refractivity contribution < 1.29 is 4.74 Å². The molecule has 18 heavy (non-hydrogen) atoms. The number of hydrogen-bond donors (Lipinski definition) is 1. The van der Waals surface area contributed by atoms with Crippen molar-refractivity contribution in [3.05, 3.63) is 16.0 Å². The van der Waals surface area contributed by atoms with Crippen molar-refractivity contribution in [2.75, 3.05) is 44.7 Å². The second-order valence-corrected chi connectivity index (χ2v) is 5.21. The molecule has 0 aliphatic carbocycles. The zero-order chi connectivity index (χ0) is 12.8. The Labute approximate surface area is 120 Å². The smallest absolute Gasteiger partial charge is 0.148 e. The Bertz CT molecular complexity index is 387. The Hall–Kier alpha value is -0.430. The number of anilines is 1. The van der Waals surface area contributed by atoms with E-state index in [0.29, 0.717) is 5.15 Å².